The SMILES string of the molecule is Cc1cccc2nc(C)n([C@H](CCC(=O)OC(C)(C)C)C(N)=O)c(=O)c12. The molecule has 2 N–H and O–H groups in total. The molecule has 0 aliphatic rings. The van der Waals surface area contributed by atoms with E-state index >= 15 is 0 Å². The quantitative estimate of drug-likeness (QED) is 0.824. The van der Waals surface area contributed by atoms with Gasteiger partial charge in [-0.3, -0.25) is 19.0 Å². The van der Waals surface area contributed by atoms with Crippen LogP contribution in [0.5, 0.6) is 0 Å². The zero-order chi connectivity index (χ0) is 19.6. The van der Waals surface area contributed by atoms with Crippen LogP contribution in [0, 0.1) is 13.8 Å². The second-order valence-electron chi connectivity index (χ2n) is 7.35. The maximum Gasteiger partial charge on any atom is 0.306 e. The normalized spacial score (nSPS) is 12.8. The molecule has 0 saturated carbocycles. The summed E-state index contributed by atoms with van der Waals surface area (Å²) < 4.78 is 6.54. The average Bonchev–Trinajstić information content (AvgIpc) is 2.47. The molecule has 0 radical (unpaired) electrons. The molecule has 0 fully saturated rings. The molecule has 0 aliphatic carbocycles. The Morgan fingerprint density at radius 1 is 1.27 bits per heavy atom. The highest BCUT2D eigenvalue weighted by Crippen LogP contribution is 2.19. The van der Waals surface area contributed by atoms with E-state index in [4.69, 9.17) is 10.5 Å². The van der Waals surface area contributed by atoms with Gasteiger partial charge < -0.3 is 10.5 Å². The Bertz CT molecular complexity index is 909. The zero-order valence-electron chi connectivity index (χ0n) is 15.8. The van der Waals surface area contributed by atoms with Crippen LogP contribution < -0.4 is 11.3 Å². The lowest BCUT2D eigenvalue weighted by Crippen LogP contribution is -2.36. The molecule has 1 aromatic heterocycles. The standard InChI is InChI=1S/C19H25N3O4/c1-11-7-6-8-13-16(11)18(25)22(12(2)21-13)14(17(20)24)9-10-15(23)26-19(3,4)5/h6-8,14H,9-10H2,1-5H3,(H2,20,24)/t14-/m1/s1. The van der Waals surface area contributed by atoms with E-state index in [9.17, 15) is 14.4 Å². The van der Waals surface area contributed by atoms with Gasteiger partial charge in [0, 0.05) is 6.42 Å². The van der Waals surface area contributed by atoms with E-state index in [2.05, 4.69) is 4.98 Å². The van der Waals surface area contributed by atoms with E-state index in [1.54, 1.807) is 33.8 Å². The molecule has 2 aromatic rings. The molecule has 0 saturated heterocycles. The second kappa shape index (κ2) is 7.27. The van der Waals surface area contributed by atoms with Crippen LogP contribution in [0.25, 0.3) is 10.9 Å². The summed E-state index contributed by atoms with van der Waals surface area (Å²) in [5.74, 6) is -0.756. The number of aryl methyl sites for hydroxylation is 2. The highest BCUT2D eigenvalue weighted by molar-refractivity contribution is 5.83. The molecule has 2 rings (SSSR count). The fraction of sp³-hybridized carbons (Fsp3) is 0.474. The largest absolute Gasteiger partial charge is 0.460 e. The van der Waals surface area contributed by atoms with Crippen LogP contribution in [0.15, 0.2) is 23.0 Å². The first-order chi connectivity index (χ1) is 12.0. The minimum absolute atomic E-state index is 0.0252. The number of amides is 1. The lowest BCUT2D eigenvalue weighted by atomic mass is 10.1. The highest BCUT2D eigenvalue weighted by Gasteiger charge is 2.25. The van der Waals surface area contributed by atoms with Gasteiger partial charge in [-0.05, 0) is 52.7 Å². The summed E-state index contributed by atoms with van der Waals surface area (Å²) in [7, 11) is 0. The van der Waals surface area contributed by atoms with Crippen molar-refractivity contribution in [3.63, 3.8) is 0 Å². The molecule has 0 bridgehead atoms. The third kappa shape index (κ3) is 4.28. The first-order valence-electron chi connectivity index (χ1n) is 8.51. The monoisotopic (exact) mass is 359 g/mol. The molecule has 7 nitrogen and oxygen atoms in total. The van der Waals surface area contributed by atoms with Crippen LogP contribution >= 0.6 is 0 Å². The number of hydrogen-bond acceptors (Lipinski definition) is 5. The average molecular weight is 359 g/mol. The number of nitrogens with two attached hydrogens (primary N) is 1. The van der Waals surface area contributed by atoms with Gasteiger partial charge in [0.15, 0.2) is 0 Å². The molecular weight excluding hydrogens is 334 g/mol. The third-order valence-corrected chi connectivity index (χ3v) is 4.00. The fourth-order valence-electron chi connectivity index (χ4n) is 2.93. The smallest absolute Gasteiger partial charge is 0.306 e. The van der Waals surface area contributed by atoms with Crippen LogP contribution in [0.3, 0.4) is 0 Å². The minimum atomic E-state index is -0.966. The number of fused-ring (bicyclic) bond motifs is 1. The maximum absolute atomic E-state index is 13.0. The molecule has 1 aromatic carbocycles. The van der Waals surface area contributed by atoms with Crippen molar-refractivity contribution < 1.29 is 14.3 Å². The molecule has 0 aliphatic heterocycles. The van der Waals surface area contributed by atoms with Crippen LogP contribution in [0.2, 0.25) is 0 Å². The third-order valence-electron chi connectivity index (χ3n) is 4.00. The second-order valence-corrected chi connectivity index (χ2v) is 7.35. The number of rotatable bonds is 5. The van der Waals surface area contributed by atoms with Gasteiger partial charge in [-0.1, -0.05) is 12.1 Å². The zero-order valence-corrected chi connectivity index (χ0v) is 15.8. The summed E-state index contributed by atoms with van der Waals surface area (Å²) in [6.45, 7) is 8.75. The number of aromatic nitrogens is 2. The van der Waals surface area contributed by atoms with Crippen LogP contribution in [0.1, 0.15) is 51.0 Å². The number of carbonyl (C=O) groups is 2. The van der Waals surface area contributed by atoms with Crippen molar-refractivity contribution in [2.75, 3.05) is 0 Å². The number of nitrogens with zero attached hydrogens (tertiary/aromatic N) is 2. The first kappa shape index (κ1) is 19.6. The Morgan fingerprint density at radius 3 is 2.50 bits per heavy atom. The minimum Gasteiger partial charge on any atom is -0.460 e. The Morgan fingerprint density at radius 2 is 1.92 bits per heavy atom. The summed E-state index contributed by atoms with van der Waals surface area (Å²) in [6.07, 6.45) is 0.0482. The predicted octanol–water partition coefficient (Wildman–Crippen LogP) is 2.16. The van der Waals surface area contributed by atoms with E-state index in [1.165, 1.54) is 4.57 Å². The Hall–Kier alpha value is -2.70. The van der Waals surface area contributed by atoms with Crippen LogP contribution in [0.4, 0.5) is 0 Å². The number of benzene rings is 1. The van der Waals surface area contributed by atoms with Gasteiger partial charge in [0.05, 0.1) is 10.9 Å². The lowest BCUT2D eigenvalue weighted by molar-refractivity contribution is -0.155. The fourth-order valence-corrected chi connectivity index (χ4v) is 2.93. The van der Waals surface area contributed by atoms with Gasteiger partial charge in [0.25, 0.3) is 5.56 Å². The van der Waals surface area contributed by atoms with E-state index in [0.717, 1.165) is 5.56 Å². The maximum atomic E-state index is 13.0. The number of esters is 1. The molecular formula is C19H25N3O4. The van der Waals surface area contributed by atoms with Crippen molar-refractivity contribution in [1.29, 1.82) is 0 Å². The molecule has 7 heteroatoms. The van der Waals surface area contributed by atoms with Crippen molar-refractivity contribution in [1.82, 2.24) is 9.55 Å². The Kier molecular flexibility index (Phi) is 5.49. The molecule has 1 heterocycles. The topological polar surface area (TPSA) is 104 Å². The summed E-state index contributed by atoms with van der Waals surface area (Å²) in [4.78, 5) is 41.4. The summed E-state index contributed by atoms with van der Waals surface area (Å²) in [5.41, 5.74) is 5.91. The van der Waals surface area contributed by atoms with Gasteiger partial charge in [0.2, 0.25) is 5.91 Å². The molecule has 1 amide bonds. The van der Waals surface area contributed by atoms with Gasteiger partial charge >= 0.3 is 5.97 Å². The van der Waals surface area contributed by atoms with E-state index in [-0.39, 0.29) is 18.4 Å². The predicted molar refractivity (Wildman–Crippen MR) is 98.8 cm³/mol. The van der Waals surface area contributed by atoms with E-state index in [1.807, 2.05) is 19.1 Å². The highest BCUT2D eigenvalue weighted by atomic mass is 16.6. The van der Waals surface area contributed by atoms with Crippen molar-refractivity contribution in [2.45, 2.75) is 59.1 Å². The van der Waals surface area contributed by atoms with Gasteiger partial charge in [-0.2, -0.15) is 0 Å². The van der Waals surface area contributed by atoms with E-state index < -0.39 is 23.5 Å². The van der Waals surface area contributed by atoms with Gasteiger partial charge in [-0.15, -0.1) is 0 Å². The van der Waals surface area contributed by atoms with Crippen molar-refractivity contribution >= 4 is 22.8 Å². The molecule has 0 unspecified atom stereocenters. The summed E-state index contributed by atoms with van der Waals surface area (Å²) in [5, 5.41) is 0.446. The van der Waals surface area contributed by atoms with Gasteiger partial charge in [-0.25, -0.2) is 4.98 Å². The molecule has 1 atom stereocenters. The van der Waals surface area contributed by atoms with Crippen molar-refractivity contribution in [3.05, 3.63) is 39.9 Å². The molecule has 140 valence electrons. The Labute approximate surface area is 152 Å². The number of primary amides is 1. The first-order valence-corrected chi connectivity index (χ1v) is 8.51. The van der Waals surface area contributed by atoms with Crippen LogP contribution in [-0.2, 0) is 14.3 Å². The molecule has 0 spiro atoms. The Balaban J connectivity index is 2.42. The summed E-state index contributed by atoms with van der Waals surface area (Å²) >= 11 is 0. The van der Waals surface area contributed by atoms with E-state index in [0.29, 0.717) is 16.7 Å². The summed E-state index contributed by atoms with van der Waals surface area (Å²) in [6, 6.07) is 4.42. The van der Waals surface area contributed by atoms with Crippen molar-refractivity contribution in [3.8, 4) is 0 Å². The number of ether oxygens (including phenoxy) is 1. The lowest BCUT2D eigenvalue weighted by Gasteiger charge is -2.22. The number of carbonyl (C=O) groups excluding carboxylic acids is 2. The molecule has 26 heavy (non-hydrogen) atoms. The number of hydrogen-bond donors (Lipinski definition) is 1. The van der Waals surface area contributed by atoms with Crippen molar-refractivity contribution in [2.24, 2.45) is 5.73 Å². The van der Waals surface area contributed by atoms with Gasteiger partial charge in [0.1, 0.15) is 17.5 Å². The van der Waals surface area contributed by atoms with Crippen LogP contribution in [-0.4, -0.2) is 27.0 Å².